The van der Waals surface area contributed by atoms with Gasteiger partial charge < -0.3 is 15.2 Å². The highest BCUT2D eigenvalue weighted by atomic mass is 16.5. The third-order valence-electron chi connectivity index (χ3n) is 4.60. The summed E-state index contributed by atoms with van der Waals surface area (Å²) in [6.45, 7) is 1.71. The molecule has 142 valence electrons. The van der Waals surface area contributed by atoms with E-state index in [0.717, 1.165) is 0 Å². The van der Waals surface area contributed by atoms with Crippen LogP contribution < -0.4 is 10.1 Å². The van der Waals surface area contributed by atoms with Crippen LogP contribution in [0.4, 0.5) is 0 Å². The number of amides is 1. The fourth-order valence-corrected chi connectivity index (χ4v) is 3.28. The summed E-state index contributed by atoms with van der Waals surface area (Å²) in [4.78, 5) is 23.5. The second-order valence-electron chi connectivity index (χ2n) is 6.29. The molecular weight excluding hydrogens is 362 g/mol. The number of aromatic nitrogens is 4. The van der Waals surface area contributed by atoms with Crippen molar-refractivity contribution in [2.24, 2.45) is 7.05 Å². The Morgan fingerprint density at radius 1 is 1.25 bits per heavy atom. The molecule has 0 unspecified atom stereocenters. The first-order valence-electron chi connectivity index (χ1n) is 8.47. The average Bonchev–Trinajstić information content (AvgIpc) is 3.18. The summed E-state index contributed by atoms with van der Waals surface area (Å²) >= 11 is 0. The highest BCUT2D eigenvalue weighted by molar-refractivity contribution is 6.05. The van der Waals surface area contributed by atoms with E-state index in [1.807, 2.05) is 0 Å². The number of carbonyl (C=O) groups excluding carboxylic acids is 1. The standard InChI is InChI=1S/C19H17N5O4/c1-10-13(19(26)27)9-24-16(10)15(6-7-21-24)28-11-4-5-12-14(8-11)22-23(3)17(12)18(25)20-2/h4-9H,1-3H3,(H,20,25)(H,26,27). The van der Waals surface area contributed by atoms with Crippen LogP contribution in [-0.2, 0) is 7.05 Å². The molecule has 0 saturated heterocycles. The molecule has 0 saturated carbocycles. The molecule has 28 heavy (non-hydrogen) atoms. The van der Waals surface area contributed by atoms with Crippen molar-refractivity contribution in [3.05, 3.63) is 53.5 Å². The van der Waals surface area contributed by atoms with E-state index < -0.39 is 5.97 Å². The highest BCUT2D eigenvalue weighted by Gasteiger charge is 2.19. The van der Waals surface area contributed by atoms with Gasteiger partial charge in [-0.25, -0.2) is 9.31 Å². The number of nitrogens with one attached hydrogen (secondary N) is 1. The Morgan fingerprint density at radius 3 is 2.75 bits per heavy atom. The zero-order valence-electron chi connectivity index (χ0n) is 15.4. The molecule has 4 aromatic rings. The van der Waals surface area contributed by atoms with Gasteiger partial charge >= 0.3 is 5.97 Å². The van der Waals surface area contributed by atoms with E-state index in [0.29, 0.717) is 39.2 Å². The van der Waals surface area contributed by atoms with Crippen LogP contribution in [0.15, 0.2) is 36.7 Å². The van der Waals surface area contributed by atoms with Gasteiger partial charge in [0.1, 0.15) is 17.0 Å². The second kappa shape index (κ2) is 6.38. The Hall–Kier alpha value is -3.88. The second-order valence-corrected chi connectivity index (χ2v) is 6.29. The number of benzene rings is 1. The molecule has 9 nitrogen and oxygen atoms in total. The van der Waals surface area contributed by atoms with Crippen molar-refractivity contribution in [2.75, 3.05) is 7.05 Å². The molecule has 3 heterocycles. The molecule has 0 aliphatic carbocycles. The normalized spacial score (nSPS) is 11.1. The molecule has 0 atom stereocenters. The minimum atomic E-state index is -1.02. The van der Waals surface area contributed by atoms with Gasteiger partial charge in [-0.05, 0) is 24.6 Å². The smallest absolute Gasteiger partial charge is 0.337 e. The number of carbonyl (C=O) groups is 2. The van der Waals surface area contributed by atoms with Crippen LogP contribution in [0.3, 0.4) is 0 Å². The third kappa shape index (κ3) is 2.64. The fourth-order valence-electron chi connectivity index (χ4n) is 3.28. The van der Waals surface area contributed by atoms with Gasteiger partial charge in [0, 0.05) is 37.8 Å². The molecule has 3 aromatic heterocycles. The van der Waals surface area contributed by atoms with E-state index in [1.54, 1.807) is 45.3 Å². The summed E-state index contributed by atoms with van der Waals surface area (Å²) in [7, 11) is 3.27. The van der Waals surface area contributed by atoms with Crippen LogP contribution in [-0.4, -0.2) is 43.4 Å². The van der Waals surface area contributed by atoms with E-state index in [1.165, 1.54) is 21.6 Å². The van der Waals surface area contributed by atoms with Gasteiger partial charge in [0.25, 0.3) is 5.91 Å². The van der Waals surface area contributed by atoms with Gasteiger partial charge in [0.05, 0.1) is 17.3 Å². The quantitative estimate of drug-likeness (QED) is 0.563. The molecule has 0 radical (unpaired) electrons. The number of rotatable bonds is 4. The van der Waals surface area contributed by atoms with Gasteiger partial charge in [-0.2, -0.15) is 10.2 Å². The summed E-state index contributed by atoms with van der Waals surface area (Å²) in [6.07, 6.45) is 2.99. The van der Waals surface area contributed by atoms with Crippen molar-refractivity contribution in [3.63, 3.8) is 0 Å². The first kappa shape index (κ1) is 17.5. The lowest BCUT2D eigenvalue weighted by molar-refractivity contribution is 0.0696. The summed E-state index contributed by atoms with van der Waals surface area (Å²) in [5, 5.41) is 21.2. The molecule has 2 N–H and O–H groups in total. The molecule has 9 heteroatoms. The topological polar surface area (TPSA) is 111 Å². The van der Waals surface area contributed by atoms with Gasteiger partial charge in [0.15, 0.2) is 5.75 Å². The molecule has 1 amide bonds. The predicted octanol–water partition coefficient (Wildman–Crippen LogP) is 2.38. The van der Waals surface area contributed by atoms with E-state index >= 15 is 0 Å². The number of hydrogen-bond donors (Lipinski definition) is 2. The number of aromatic carboxylic acids is 1. The molecule has 0 fully saturated rings. The summed E-state index contributed by atoms with van der Waals surface area (Å²) in [6, 6.07) is 6.92. The van der Waals surface area contributed by atoms with E-state index in [-0.39, 0.29) is 11.5 Å². The summed E-state index contributed by atoms with van der Waals surface area (Å²) in [5.41, 5.74) is 2.38. The lowest BCUT2D eigenvalue weighted by Gasteiger charge is -2.08. The Balaban J connectivity index is 1.78. The van der Waals surface area contributed by atoms with Crippen molar-refractivity contribution in [2.45, 2.75) is 6.92 Å². The van der Waals surface area contributed by atoms with Crippen molar-refractivity contribution < 1.29 is 19.4 Å². The van der Waals surface area contributed by atoms with Crippen molar-refractivity contribution in [3.8, 4) is 11.5 Å². The SMILES string of the molecule is CNC(=O)c1c2ccc(Oc3ccnn4cc(C(=O)O)c(C)c34)cc2nn1C. The molecule has 1 aromatic carbocycles. The monoisotopic (exact) mass is 379 g/mol. The van der Waals surface area contributed by atoms with Gasteiger partial charge in [-0.15, -0.1) is 0 Å². The van der Waals surface area contributed by atoms with E-state index in [2.05, 4.69) is 15.5 Å². The van der Waals surface area contributed by atoms with Crippen LogP contribution in [0, 0.1) is 6.92 Å². The maximum Gasteiger partial charge on any atom is 0.337 e. The van der Waals surface area contributed by atoms with E-state index in [9.17, 15) is 14.7 Å². The number of ether oxygens (including phenoxy) is 1. The average molecular weight is 379 g/mol. The summed E-state index contributed by atoms with van der Waals surface area (Å²) < 4.78 is 9.01. The van der Waals surface area contributed by atoms with Crippen molar-refractivity contribution in [1.82, 2.24) is 24.7 Å². The first-order valence-corrected chi connectivity index (χ1v) is 8.47. The zero-order chi connectivity index (χ0) is 20.0. The Kier molecular flexibility index (Phi) is 3.99. The molecule has 0 spiro atoms. The van der Waals surface area contributed by atoms with Gasteiger partial charge in [0.2, 0.25) is 0 Å². The largest absolute Gasteiger partial charge is 0.478 e. The summed E-state index contributed by atoms with van der Waals surface area (Å²) in [5.74, 6) is -0.258. The maximum atomic E-state index is 12.1. The molecular formula is C19H17N5O4. The highest BCUT2D eigenvalue weighted by Crippen LogP contribution is 2.32. The molecule has 0 bridgehead atoms. The minimum Gasteiger partial charge on any atom is -0.478 e. The van der Waals surface area contributed by atoms with Crippen molar-refractivity contribution >= 4 is 28.3 Å². The van der Waals surface area contributed by atoms with Crippen LogP contribution in [0.5, 0.6) is 11.5 Å². The Morgan fingerprint density at radius 2 is 2.04 bits per heavy atom. The Bertz CT molecular complexity index is 1250. The number of nitrogens with zero attached hydrogens (tertiary/aromatic N) is 4. The van der Waals surface area contributed by atoms with E-state index in [4.69, 9.17) is 4.74 Å². The fraction of sp³-hybridized carbons (Fsp3) is 0.158. The predicted molar refractivity (Wildman–Crippen MR) is 101 cm³/mol. The number of hydrogen-bond acceptors (Lipinski definition) is 5. The molecule has 4 rings (SSSR count). The lowest BCUT2D eigenvalue weighted by atomic mass is 10.2. The zero-order valence-corrected chi connectivity index (χ0v) is 15.4. The Labute approximate surface area is 159 Å². The third-order valence-corrected chi connectivity index (χ3v) is 4.60. The van der Waals surface area contributed by atoms with Crippen LogP contribution in [0.25, 0.3) is 16.4 Å². The molecule has 0 aliphatic heterocycles. The lowest BCUT2D eigenvalue weighted by Crippen LogP contribution is -2.21. The number of fused-ring (bicyclic) bond motifs is 2. The number of carboxylic acids is 1. The van der Waals surface area contributed by atoms with Gasteiger partial charge in [-0.3, -0.25) is 9.48 Å². The van der Waals surface area contributed by atoms with Crippen LogP contribution in [0.1, 0.15) is 26.4 Å². The van der Waals surface area contributed by atoms with Crippen molar-refractivity contribution in [1.29, 1.82) is 0 Å². The number of aryl methyl sites for hydroxylation is 2. The van der Waals surface area contributed by atoms with Crippen LogP contribution in [0.2, 0.25) is 0 Å². The molecule has 0 aliphatic rings. The first-order chi connectivity index (χ1) is 13.4. The maximum absolute atomic E-state index is 12.1. The number of carboxylic acid groups (broad SMARTS) is 1. The van der Waals surface area contributed by atoms with Crippen LogP contribution >= 0.6 is 0 Å². The van der Waals surface area contributed by atoms with Gasteiger partial charge in [-0.1, -0.05) is 0 Å². The minimum absolute atomic E-state index is 0.166.